The first-order valence-electron chi connectivity index (χ1n) is 8.25. The van der Waals surface area contributed by atoms with Crippen LogP contribution in [0.4, 0.5) is 0 Å². The molecule has 0 saturated heterocycles. The topological polar surface area (TPSA) is 12.0 Å². The first-order chi connectivity index (χ1) is 9.45. The molecular weight excluding hydrogens is 262 g/mol. The van der Waals surface area contributed by atoms with Crippen molar-refractivity contribution < 1.29 is 0 Å². The molecule has 1 aliphatic rings. The molecule has 0 aromatic carbocycles. The van der Waals surface area contributed by atoms with Crippen LogP contribution in [0.1, 0.15) is 69.6 Å². The normalized spacial score (nSPS) is 24.0. The number of rotatable bonds is 5. The predicted molar refractivity (Wildman–Crippen MR) is 90.5 cm³/mol. The SMILES string of the molecule is CC1CCC(CCNCc2ccc(C(C)(C)C)s2)CC1. The molecule has 0 unspecified atom stereocenters. The molecule has 1 fully saturated rings. The number of hydrogen-bond acceptors (Lipinski definition) is 2. The molecule has 114 valence electrons. The van der Waals surface area contributed by atoms with E-state index in [0.29, 0.717) is 5.41 Å². The molecule has 20 heavy (non-hydrogen) atoms. The van der Waals surface area contributed by atoms with Crippen LogP contribution in [0.25, 0.3) is 0 Å². The van der Waals surface area contributed by atoms with E-state index >= 15 is 0 Å². The summed E-state index contributed by atoms with van der Waals surface area (Å²) in [5.41, 5.74) is 0.293. The minimum Gasteiger partial charge on any atom is -0.312 e. The van der Waals surface area contributed by atoms with Gasteiger partial charge in [-0.1, -0.05) is 53.4 Å². The molecule has 2 rings (SSSR count). The molecule has 0 radical (unpaired) electrons. The van der Waals surface area contributed by atoms with Gasteiger partial charge in [0.2, 0.25) is 0 Å². The summed E-state index contributed by atoms with van der Waals surface area (Å²) >= 11 is 1.96. The van der Waals surface area contributed by atoms with Crippen molar-refractivity contribution in [2.45, 2.75) is 71.8 Å². The van der Waals surface area contributed by atoms with Crippen molar-refractivity contribution in [3.8, 4) is 0 Å². The zero-order chi connectivity index (χ0) is 14.6. The molecule has 0 spiro atoms. The van der Waals surface area contributed by atoms with Gasteiger partial charge < -0.3 is 5.32 Å². The van der Waals surface area contributed by atoms with Crippen LogP contribution in [0.3, 0.4) is 0 Å². The van der Waals surface area contributed by atoms with Gasteiger partial charge in [0.15, 0.2) is 0 Å². The number of hydrogen-bond donors (Lipinski definition) is 1. The van der Waals surface area contributed by atoms with Gasteiger partial charge >= 0.3 is 0 Å². The lowest BCUT2D eigenvalue weighted by Crippen LogP contribution is -2.20. The third kappa shape index (κ3) is 4.89. The molecule has 1 N–H and O–H groups in total. The molecule has 1 aromatic heterocycles. The minimum absolute atomic E-state index is 0.293. The van der Waals surface area contributed by atoms with Gasteiger partial charge in [0.25, 0.3) is 0 Å². The van der Waals surface area contributed by atoms with Gasteiger partial charge in [0.05, 0.1) is 0 Å². The van der Waals surface area contributed by atoms with E-state index in [4.69, 9.17) is 0 Å². The summed E-state index contributed by atoms with van der Waals surface area (Å²) in [6.07, 6.45) is 7.17. The Hall–Kier alpha value is -0.340. The fourth-order valence-corrected chi connectivity index (χ4v) is 4.05. The lowest BCUT2D eigenvalue weighted by Gasteiger charge is -2.26. The smallest absolute Gasteiger partial charge is 0.0299 e. The quantitative estimate of drug-likeness (QED) is 0.721. The zero-order valence-corrected chi connectivity index (χ0v) is 14.5. The largest absolute Gasteiger partial charge is 0.312 e. The van der Waals surface area contributed by atoms with Crippen molar-refractivity contribution in [3.05, 3.63) is 21.9 Å². The van der Waals surface area contributed by atoms with E-state index in [1.807, 2.05) is 11.3 Å². The van der Waals surface area contributed by atoms with Crippen molar-refractivity contribution in [1.82, 2.24) is 5.32 Å². The van der Waals surface area contributed by atoms with Crippen LogP contribution in [0.15, 0.2) is 12.1 Å². The van der Waals surface area contributed by atoms with Crippen LogP contribution in [-0.4, -0.2) is 6.54 Å². The lowest BCUT2D eigenvalue weighted by atomic mass is 9.81. The highest BCUT2D eigenvalue weighted by atomic mass is 32.1. The Morgan fingerprint density at radius 2 is 1.85 bits per heavy atom. The summed E-state index contributed by atoms with van der Waals surface area (Å²) in [4.78, 5) is 2.97. The molecule has 0 atom stereocenters. The summed E-state index contributed by atoms with van der Waals surface area (Å²) in [5.74, 6) is 1.95. The van der Waals surface area contributed by atoms with Crippen molar-refractivity contribution >= 4 is 11.3 Å². The fourth-order valence-electron chi connectivity index (χ4n) is 3.01. The Morgan fingerprint density at radius 3 is 2.45 bits per heavy atom. The molecule has 0 bridgehead atoms. The Bertz CT molecular complexity index is 394. The van der Waals surface area contributed by atoms with Gasteiger partial charge in [0.1, 0.15) is 0 Å². The standard InChI is InChI=1S/C18H31NS/c1-14-5-7-15(8-6-14)11-12-19-13-16-9-10-17(20-16)18(2,3)4/h9-10,14-15,19H,5-8,11-13H2,1-4H3. The van der Waals surface area contributed by atoms with Crippen molar-refractivity contribution in [2.75, 3.05) is 6.54 Å². The highest BCUT2D eigenvalue weighted by molar-refractivity contribution is 7.12. The van der Waals surface area contributed by atoms with Crippen LogP contribution >= 0.6 is 11.3 Å². The van der Waals surface area contributed by atoms with E-state index in [1.54, 1.807) is 0 Å². The molecular formula is C18H31NS. The van der Waals surface area contributed by atoms with E-state index in [2.05, 4.69) is 45.1 Å². The van der Waals surface area contributed by atoms with Crippen LogP contribution in [-0.2, 0) is 12.0 Å². The molecule has 1 nitrogen and oxygen atoms in total. The minimum atomic E-state index is 0.293. The maximum atomic E-state index is 3.64. The summed E-state index contributed by atoms with van der Waals surface area (Å²) < 4.78 is 0. The number of nitrogens with one attached hydrogen (secondary N) is 1. The van der Waals surface area contributed by atoms with Gasteiger partial charge in [-0.15, -0.1) is 11.3 Å². The summed E-state index contributed by atoms with van der Waals surface area (Å²) in [6, 6.07) is 4.59. The molecule has 1 saturated carbocycles. The average molecular weight is 294 g/mol. The zero-order valence-electron chi connectivity index (χ0n) is 13.7. The highest BCUT2D eigenvalue weighted by Gasteiger charge is 2.18. The molecule has 0 aliphatic heterocycles. The summed E-state index contributed by atoms with van der Waals surface area (Å²) in [5, 5.41) is 3.64. The molecule has 1 heterocycles. The highest BCUT2D eigenvalue weighted by Crippen LogP contribution is 2.31. The van der Waals surface area contributed by atoms with E-state index < -0.39 is 0 Å². The second kappa shape index (κ2) is 7.09. The summed E-state index contributed by atoms with van der Waals surface area (Å²) in [6.45, 7) is 11.5. The first kappa shape index (κ1) is 16.0. The van der Waals surface area contributed by atoms with Gasteiger partial charge in [0, 0.05) is 16.3 Å². The maximum absolute atomic E-state index is 3.64. The van der Waals surface area contributed by atoms with Gasteiger partial charge in [-0.25, -0.2) is 0 Å². The van der Waals surface area contributed by atoms with E-state index in [-0.39, 0.29) is 0 Å². The Kier molecular flexibility index (Phi) is 5.68. The lowest BCUT2D eigenvalue weighted by molar-refractivity contribution is 0.275. The third-order valence-electron chi connectivity index (χ3n) is 4.56. The Balaban J connectivity index is 1.65. The van der Waals surface area contributed by atoms with Crippen LogP contribution in [0.2, 0.25) is 0 Å². The first-order valence-corrected chi connectivity index (χ1v) is 9.06. The monoisotopic (exact) mass is 293 g/mol. The molecule has 1 aromatic rings. The average Bonchev–Trinajstić information content (AvgIpc) is 2.85. The van der Waals surface area contributed by atoms with Crippen LogP contribution in [0.5, 0.6) is 0 Å². The third-order valence-corrected chi connectivity index (χ3v) is 6.08. The van der Waals surface area contributed by atoms with E-state index in [9.17, 15) is 0 Å². The predicted octanol–water partition coefficient (Wildman–Crippen LogP) is 5.35. The van der Waals surface area contributed by atoms with Gasteiger partial charge in [-0.3, -0.25) is 0 Å². The van der Waals surface area contributed by atoms with E-state index in [1.165, 1.54) is 48.4 Å². The summed E-state index contributed by atoms with van der Waals surface area (Å²) in [7, 11) is 0. The second-order valence-electron chi connectivity index (χ2n) is 7.61. The number of thiophene rings is 1. The molecule has 2 heteroatoms. The van der Waals surface area contributed by atoms with Gasteiger partial charge in [-0.05, 0) is 42.3 Å². The maximum Gasteiger partial charge on any atom is 0.0299 e. The van der Waals surface area contributed by atoms with Gasteiger partial charge in [-0.2, -0.15) is 0 Å². The molecule has 0 amide bonds. The van der Waals surface area contributed by atoms with Crippen molar-refractivity contribution in [1.29, 1.82) is 0 Å². The van der Waals surface area contributed by atoms with E-state index in [0.717, 1.165) is 18.4 Å². The second-order valence-corrected chi connectivity index (χ2v) is 8.78. The molecule has 1 aliphatic carbocycles. The Labute approximate surface area is 129 Å². The fraction of sp³-hybridized carbons (Fsp3) is 0.778. The van der Waals surface area contributed by atoms with Crippen LogP contribution in [0, 0.1) is 11.8 Å². The Morgan fingerprint density at radius 1 is 1.15 bits per heavy atom. The van der Waals surface area contributed by atoms with Crippen molar-refractivity contribution in [2.24, 2.45) is 11.8 Å². The van der Waals surface area contributed by atoms with Crippen molar-refractivity contribution in [3.63, 3.8) is 0 Å². The van der Waals surface area contributed by atoms with Crippen LogP contribution < -0.4 is 5.32 Å².